The molecule has 0 aliphatic heterocycles. The summed E-state index contributed by atoms with van der Waals surface area (Å²) in [7, 11) is -9.15. The number of carbonyl (C=O) groups is 2. The van der Waals surface area contributed by atoms with Crippen molar-refractivity contribution in [1.82, 2.24) is 0 Å². The zero-order valence-electron chi connectivity index (χ0n) is 16.0. The van der Waals surface area contributed by atoms with Gasteiger partial charge in [-0.15, -0.1) is 0 Å². The molecule has 0 spiro atoms. The van der Waals surface area contributed by atoms with Crippen LogP contribution < -0.4 is 0 Å². The van der Waals surface area contributed by atoms with Crippen molar-refractivity contribution in [3.8, 4) is 0 Å². The normalized spacial score (nSPS) is 14.9. The van der Waals surface area contributed by atoms with Gasteiger partial charge in [0.25, 0.3) is 15.2 Å². The van der Waals surface area contributed by atoms with E-state index in [0.29, 0.717) is 6.42 Å². The second-order valence-corrected chi connectivity index (χ2v) is 10.8. The summed E-state index contributed by atoms with van der Waals surface area (Å²) in [6.07, 6.45) is 1.26. The van der Waals surface area contributed by atoms with E-state index in [1.54, 1.807) is 0 Å². The molecule has 26 heavy (non-hydrogen) atoms. The summed E-state index contributed by atoms with van der Waals surface area (Å²) in [5.74, 6) is -0.351. The molecule has 0 bridgehead atoms. The van der Waals surface area contributed by atoms with E-state index < -0.39 is 41.4 Å². The molecule has 0 aromatic rings. The van der Waals surface area contributed by atoms with Crippen molar-refractivity contribution in [2.24, 2.45) is 10.8 Å². The van der Waals surface area contributed by atoms with Crippen molar-refractivity contribution < 1.29 is 35.5 Å². The van der Waals surface area contributed by atoms with Crippen molar-refractivity contribution in [2.45, 2.75) is 78.4 Å². The largest absolute Gasteiger partial charge is 0.329 e. The highest BCUT2D eigenvalue weighted by molar-refractivity contribution is 8.01. The molecule has 0 radical (unpaired) electrons. The lowest BCUT2D eigenvalue weighted by molar-refractivity contribution is -0.129. The van der Waals surface area contributed by atoms with Crippen LogP contribution in [0.25, 0.3) is 0 Å². The van der Waals surface area contributed by atoms with Gasteiger partial charge in [0, 0.05) is 18.3 Å². The minimum absolute atomic E-state index is 0.0412. The molecule has 0 heterocycles. The molecule has 10 heteroatoms. The lowest BCUT2D eigenvalue weighted by Crippen LogP contribution is -2.44. The van der Waals surface area contributed by atoms with E-state index in [9.17, 15) is 31.0 Å². The highest BCUT2D eigenvalue weighted by atomic mass is 32.2. The highest BCUT2D eigenvalue weighted by Crippen LogP contribution is 2.43. The van der Waals surface area contributed by atoms with E-state index in [1.807, 2.05) is 6.92 Å². The Bertz CT molecular complexity index is 717. The van der Waals surface area contributed by atoms with Crippen molar-refractivity contribution in [3.63, 3.8) is 0 Å². The van der Waals surface area contributed by atoms with Gasteiger partial charge in [0.1, 0.15) is 5.78 Å². The molecule has 0 aliphatic carbocycles. The predicted molar refractivity (Wildman–Crippen MR) is 97.8 cm³/mol. The van der Waals surface area contributed by atoms with Crippen LogP contribution in [0.2, 0.25) is 0 Å². The first-order chi connectivity index (χ1) is 11.5. The number of hydrogen-bond donors (Lipinski definition) is 2. The van der Waals surface area contributed by atoms with Gasteiger partial charge in [0.15, 0.2) is 0 Å². The van der Waals surface area contributed by atoms with Gasteiger partial charge in [-0.2, -0.15) is 16.8 Å². The van der Waals surface area contributed by atoms with Crippen LogP contribution in [0, 0.1) is 10.8 Å². The SMILES string of the molecule is CCCCC(CCC(=O)CC(C)(C)C(C)(C)C(=O)S(=O)(=O)O)S(=O)(=O)O. The van der Waals surface area contributed by atoms with Crippen LogP contribution in [0.4, 0.5) is 0 Å². The fourth-order valence-electron chi connectivity index (χ4n) is 2.60. The van der Waals surface area contributed by atoms with E-state index in [4.69, 9.17) is 4.55 Å². The zero-order chi connectivity index (χ0) is 21.0. The maximum atomic E-state index is 12.3. The third-order valence-corrected chi connectivity index (χ3v) is 7.41. The second kappa shape index (κ2) is 8.90. The van der Waals surface area contributed by atoms with Crippen LogP contribution in [0.5, 0.6) is 0 Å². The van der Waals surface area contributed by atoms with Gasteiger partial charge in [0.05, 0.1) is 5.25 Å². The Morgan fingerprint density at radius 2 is 1.46 bits per heavy atom. The molecule has 2 N–H and O–H groups in total. The predicted octanol–water partition coefficient (Wildman–Crippen LogP) is 2.64. The fourth-order valence-corrected chi connectivity index (χ4v) is 4.40. The molecule has 154 valence electrons. The maximum Gasteiger partial charge on any atom is 0.329 e. The molecule has 8 nitrogen and oxygen atoms in total. The molecule has 0 saturated heterocycles. The fraction of sp³-hybridized carbons (Fsp3) is 0.875. The quantitative estimate of drug-likeness (QED) is 0.491. The van der Waals surface area contributed by atoms with Gasteiger partial charge in [-0.25, -0.2) is 0 Å². The Hall–Kier alpha value is -0.840. The van der Waals surface area contributed by atoms with Crippen LogP contribution in [0.15, 0.2) is 0 Å². The Morgan fingerprint density at radius 1 is 0.962 bits per heavy atom. The molecular weight excluding hydrogens is 384 g/mol. The van der Waals surface area contributed by atoms with Crippen molar-refractivity contribution >= 4 is 31.1 Å². The Morgan fingerprint density at radius 3 is 1.85 bits per heavy atom. The van der Waals surface area contributed by atoms with Gasteiger partial charge < -0.3 is 0 Å². The van der Waals surface area contributed by atoms with E-state index >= 15 is 0 Å². The first kappa shape index (κ1) is 25.2. The summed E-state index contributed by atoms with van der Waals surface area (Å²) in [4.78, 5) is 24.3. The summed E-state index contributed by atoms with van der Waals surface area (Å²) in [5.41, 5.74) is -2.62. The number of rotatable bonds is 11. The van der Waals surface area contributed by atoms with Crippen molar-refractivity contribution in [3.05, 3.63) is 0 Å². The molecule has 1 unspecified atom stereocenters. The topological polar surface area (TPSA) is 143 Å². The van der Waals surface area contributed by atoms with Crippen LogP contribution >= 0.6 is 0 Å². The van der Waals surface area contributed by atoms with Gasteiger partial charge in [0.2, 0.25) is 0 Å². The minimum Gasteiger partial charge on any atom is -0.300 e. The Kier molecular flexibility index (Phi) is 8.61. The molecule has 0 fully saturated rings. The Labute approximate surface area is 156 Å². The molecule has 1 atom stereocenters. The van der Waals surface area contributed by atoms with Crippen molar-refractivity contribution in [2.75, 3.05) is 0 Å². The first-order valence-electron chi connectivity index (χ1n) is 8.46. The number of Topliss-reactive ketones (excluding diaryl/α,β-unsaturated/α-hetero) is 1. The molecule has 0 aliphatic rings. The van der Waals surface area contributed by atoms with Crippen LogP contribution in [-0.4, -0.2) is 42.1 Å². The third-order valence-electron chi connectivity index (χ3n) is 5.12. The maximum absolute atomic E-state index is 12.3. The Balaban J connectivity index is 5.11. The molecule has 0 rings (SSSR count). The summed E-state index contributed by atoms with van der Waals surface area (Å²) in [6.45, 7) is 7.61. The van der Waals surface area contributed by atoms with E-state index in [0.717, 1.165) is 6.42 Å². The molecule has 0 amide bonds. The molecule has 0 saturated carbocycles. The smallest absolute Gasteiger partial charge is 0.300 e. The summed E-state index contributed by atoms with van der Waals surface area (Å²) < 4.78 is 63.4. The lowest BCUT2D eigenvalue weighted by Gasteiger charge is -2.38. The average molecular weight is 415 g/mol. The van der Waals surface area contributed by atoms with E-state index in [2.05, 4.69) is 0 Å². The molecule has 0 aromatic carbocycles. The monoisotopic (exact) mass is 414 g/mol. The minimum atomic E-state index is -4.90. The summed E-state index contributed by atoms with van der Waals surface area (Å²) in [5, 5.41) is -2.40. The van der Waals surface area contributed by atoms with Gasteiger partial charge in [-0.1, -0.05) is 47.5 Å². The average Bonchev–Trinajstić information content (AvgIpc) is 2.43. The number of carbonyl (C=O) groups excluding carboxylic acids is 2. The van der Waals surface area contributed by atoms with Crippen LogP contribution in [0.1, 0.15) is 73.1 Å². The van der Waals surface area contributed by atoms with E-state index in [-0.39, 0.29) is 31.5 Å². The van der Waals surface area contributed by atoms with Crippen LogP contribution in [0.3, 0.4) is 0 Å². The number of hydrogen-bond acceptors (Lipinski definition) is 6. The second-order valence-electron chi connectivity index (χ2n) is 7.80. The van der Waals surface area contributed by atoms with Gasteiger partial charge in [-0.05, 0) is 18.3 Å². The number of unbranched alkanes of at least 4 members (excludes halogenated alkanes) is 1. The molecule has 0 aromatic heterocycles. The van der Waals surface area contributed by atoms with Gasteiger partial charge >= 0.3 is 10.1 Å². The van der Waals surface area contributed by atoms with Crippen molar-refractivity contribution in [1.29, 1.82) is 0 Å². The van der Waals surface area contributed by atoms with E-state index in [1.165, 1.54) is 27.7 Å². The third kappa shape index (κ3) is 7.05. The van der Waals surface area contributed by atoms with Crippen LogP contribution in [-0.2, 0) is 29.8 Å². The first-order valence-corrected chi connectivity index (χ1v) is 11.4. The molecular formula is C16H30O8S2. The lowest BCUT2D eigenvalue weighted by atomic mass is 9.66. The summed E-state index contributed by atoms with van der Waals surface area (Å²) in [6, 6.07) is 0. The van der Waals surface area contributed by atoms with Gasteiger partial charge in [-0.3, -0.25) is 18.7 Å². The summed E-state index contributed by atoms with van der Waals surface area (Å²) >= 11 is 0. The standard InChI is InChI=1S/C16H30O8S2/c1-6-7-8-13(25(19,20)21)10-9-12(17)11-15(2,3)16(4,5)14(18)26(22,23)24/h13H,6-11H2,1-5H3,(H,19,20,21)(H,22,23,24). The number of ketones is 1. The zero-order valence-corrected chi connectivity index (χ0v) is 17.6. The highest BCUT2D eigenvalue weighted by Gasteiger charge is 2.48.